The molecule has 1 N–H and O–H groups in total. The number of carbonyl (C=O) groups is 1. The molecule has 0 heterocycles. The highest BCUT2D eigenvalue weighted by Gasteiger charge is 2.28. The first-order valence-electron chi connectivity index (χ1n) is 7.81. The van der Waals surface area contributed by atoms with Crippen molar-refractivity contribution in [3.05, 3.63) is 54.1 Å². The Morgan fingerprint density at radius 3 is 2.52 bits per heavy atom. The lowest BCUT2D eigenvalue weighted by atomic mass is 10.1. The monoisotopic (exact) mass is 381 g/mol. The zero-order valence-corrected chi connectivity index (χ0v) is 14.7. The molecule has 2 aromatic carbocycles. The Balaban J connectivity index is 2.04. The predicted molar refractivity (Wildman–Crippen MR) is 95.2 cm³/mol. The van der Waals surface area contributed by atoms with Gasteiger partial charge in [0.25, 0.3) is 0 Å². The minimum atomic E-state index is -4.43. The molecule has 0 aliphatic heterocycles. The molecule has 0 radical (unpaired) electrons. The van der Waals surface area contributed by atoms with Crippen LogP contribution in [0.5, 0.6) is 17.2 Å². The third-order valence-electron chi connectivity index (χ3n) is 3.36. The van der Waals surface area contributed by atoms with E-state index in [9.17, 15) is 18.0 Å². The molecule has 0 aromatic heterocycles. The Morgan fingerprint density at radius 1 is 1.07 bits per heavy atom. The average molecular weight is 381 g/mol. The summed E-state index contributed by atoms with van der Waals surface area (Å²) in [4.78, 5) is 12.1. The number of anilines is 1. The lowest BCUT2D eigenvalue weighted by Gasteiger charge is -2.10. The molecule has 144 valence electrons. The maximum atomic E-state index is 12.2. The SMILES string of the molecule is COc1ccc(OC)c(/C=C/C(=O)Nc2cccc(OCC(F)(F)F)c2)c1. The number of methoxy groups -OCH3 is 2. The molecule has 2 aromatic rings. The molecule has 0 aliphatic carbocycles. The van der Waals surface area contributed by atoms with Gasteiger partial charge in [-0.3, -0.25) is 4.79 Å². The van der Waals surface area contributed by atoms with Gasteiger partial charge >= 0.3 is 6.18 Å². The lowest BCUT2D eigenvalue weighted by molar-refractivity contribution is -0.153. The van der Waals surface area contributed by atoms with E-state index < -0.39 is 18.7 Å². The number of hydrogen-bond donors (Lipinski definition) is 1. The van der Waals surface area contributed by atoms with E-state index in [4.69, 9.17) is 9.47 Å². The number of hydrogen-bond acceptors (Lipinski definition) is 4. The van der Waals surface area contributed by atoms with Crippen molar-refractivity contribution in [1.29, 1.82) is 0 Å². The van der Waals surface area contributed by atoms with Crippen LogP contribution in [0.3, 0.4) is 0 Å². The number of halogens is 3. The molecule has 5 nitrogen and oxygen atoms in total. The molecule has 1 amide bonds. The minimum absolute atomic E-state index is 0.00331. The molecule has 0 fully saturated rings. The van der Waals surface area contributed by atoms with Gasteiger partial charge in [-0.2, -0.15) is 13.2 Å². The summed E-state index contributed by atoms with van der Waals surface area (Å²) in [5.74, 6) is 0.698. The van der Waals surface area contributed by atoms with E-state index in [1.165, 1.54) is 44.6 Å². The maximum absolute atomic E-state index is 12.2. The smallest absolute Gasteiger partial charge is 0.422 e. The van der Waals surface area contributed by atoms with E-state index in [1.807, 2.05) is 0 Å². The largest absolute Gasteiger partial charge is 0.497 e. The first-order valence-corrected chi connectivity index (χ1v) is 7.81. The third-order valence-corrected chi connectivity index (χ3v) is 3.36. The second kappa shape index (κ2) is 8.98. The van der Waals surface area contributed by atoms with Crippen molar-refractivity contribution in [2.75, 3.05) is 26.1 Å². The second-order valence-corrected chi connectivity index (χ2v) is 5.36. The number of benzene rings is 2. The molecular formula is C19H18F3NO4. The van der Waals surface area contributed by atoms with Crippen LogP contribution < -0.4 is 19.5 Å². The highest BCUT2D eigenvalue weighted by molar-refractivity contribution is 6.02. The summed E-state index contributed by atoms with van der Waals surface area (Å²) in [6.07, 6.45) is -1.61. The zero-order valence-electron chi connectivity index (χ0n) is 14.7. The fraction of sp³-hybridized carbons (Fsp3) is 0.211. The second-order valence-electron chi connectivity index (χ2n) is 5.36. The Labute approximate surface area is 154 Å². The van der Waals surface area contributed by atoms with Crippen molar-refractivity contribution in [1.82, 2.24) is 0 Å². The van der Waals surface area contributed by atoms with Gasteiger partial charge < -0.3 is 19.5 Å². The van der Waals surface area contributed by atoms with Gasteiger partial charge in [0.2, 0.25) is 5.91 Å². The van der Waals surface area contributed by atoms with Crippen LogP contribution in [0.4, 0.5) is 18.9 Å². The van der Waals surface area contributed by atoms with Gasteiger partial charge in [0.15, 0.2) is 6.61 Å². The first-order chi connectivity index (χ1) is 12.8. The number of alkyl halides is 3. The summed E-state index contributed by atoms with van der Waals surface area (Å²) < 4.78 is 51.6. The van der Waals surface area contributed by atoms with Gasteiger partial charge in [-0.25, -0.2) is 0 Å². The molecule has 2 rings (SSSR count). The van der Waals surface area contributed by atoms with Crippen molar-refractivity contribution < 1.29 is 32.2 Å². The zero-order chi connectivity index (χ0) is 19.9. The van der Waals surface area contributed by atoms with Crippen LogP contribution in [0.25, 0.3) is 6.08 Å². The fourth-order valence-electron chi connectivity index (χ4n) is 2.15. The van der Waals surface area contributed by atoms with Gasteiger partial charge in [-0.1, -0.05) is 6.07 Å². The molecule has 0 bridgehead atoms. The molecule has 0 saturated heterocycles. The van der Waals surface area contributed by atoms with E-state index in [2.05, 4.69) is 10.1 Å². The normalized spacial score (nSPS) is 11.3. The highest BCUT2D eigenvalue weighted by Crippen LogP contribution is 2.25. The van der Waals surface area contributed by atoms with E-state index >= 15 is 0 Å². The van der Waals surface area contributed by atoms with Gasteiger partial charge in [0.05, 0.1) is 14.2 Å². The summed E-state index contributed by atoms with van der Waals surface area (Å²) in [6.45, 7) is -1.40. The topological polar surface area (TPSA) is 56.8 Å². The molecule has 0 unspecified atom stereocenters. The van der Waals surface area contributed by atoms with Crippen LogP contribution in [-0.2, 0) is 4.79 Å². The number of amides is 1. The Hall–Kier alpha value is -3.16. The quantitative estimate of drug-likeness (QED) is 0.727. The van der Waals surface area contributed by atoms with E-state index in [-0.39, 0.29) is 5.75 Å². The van der Waals surface area contributed by atoms with Gasteiger partial charge in [-0.15, -0.1) is 0 Å². The summed E-state index contributed by atoms with van der Waals surface area (Å²) in [5, 5.41) is 2.56. The lowest BCUT2D eigenvalue weighted by Crippen LogP contribution is -2.19. The van der Waals surface area contributed by atoms with E-state index in [0.717, 1.165) is 0 Å². The Morgan fingerprint density at radius 2 is 1.85 bits per heavy atom. The van der Waals surface area contributed by atoms with Crippen LogP contribution in [0.1, 0.15) is 5.56 Å². The van der Waals surface area contributed by atoms with Crippen molar-refractivity contribution in [2.45, 2.75) is 6.18 Å². The molecule has 27 heavy (non-hydrogen) atoms. The third kappa shape index (κ3) is 6.58. The number of rotatable bonds is 7. The molecule has 0 saturated carbocycles. The number of nitrogens with one attached hydrogen (secondary N) is 1. The van der Waals surface area contributed by atoms with Crippen molar-refractivity contribution >= 4 is 17.7 Å². The van der Waals surface area contributed by atoms with Crippen LogP contribution in [0.2, 0.25) is 0 Å². The van der Waals surface area contributed by atoms with Crippen LogP contribution in [-0.4, -0.2) is 32.9 Å². The fourth-order valence-corrected chi connectivity index (χ4v) is 2.15. The summed E-state index contributed by atoms with van der Waals surface area (Å²) in [7, 11) is 3.03. The van der Waals surface area contributed by atoms with Crippen molar-refractivity contribution in [3.63, 3.8) is 0 Å². The maximum Gasteiger partial charge on any atom is 0.422 e. The van der Waals surface area contributed by atoms with Gasteiger partial charge in [-0.05, 0) is 36.4 Å². The molecule has 0 atom stereocenters. The molecular weight excluding hydrogens is 363 g/mol. The van der Waals surface area contributed by atoms with E-state index in [1.54, 1.807) is 24.3 Å². The average Bonchev–Trinajstić information content (AvgIpc) is 2.64. The molecule has 8 heteroatoms. The number of carbonyl (C=O) groups excluding carboxylic acids is 1. The molecule has 0 spiro atoms. The van der Waals surface area contributed by atoms with Crippen LogP contribution in [0.15, 0.2) is 48.5 Å². The Kier molecular flexibility index (Phi) is 6.70. The minimum Gasteiger partial charge on any atom is -0.497 e. The first kappa shape index (κ1) is 20.2. The summed E-state index contributed by atoms with van der Waals surface area (Å²) >= 11 is 0. The Bertz CT molecular complexity index is 819. The van der Waals surface area contributed by atoms with Gasteiger partial charge in [0.1, 0.15) is 17.2 Å². The predicted octanol–water partition coefficient (Wildman–Crippen LogP) is 4.30. The van der Waals surface area contributed by atoms with Crippen LogP contribution in [0, 0.1) is 0 Å². The van der Waals surface area contributed by atoms with E-state index in [0.29, 0.717) is 22.7 Å². The number of ether oxygens (including phenoxy) is 3. The van der Waals surface area contributed by atoms with Gasteiger partial charge in [0, 0.05) is 23.4 Å². The summed E-state index contributed by atoms with van der Waals surface area (Å²) in [5.41, 5.74) is 0.941. The van der Waals surface area contributed by atoms with Crippen molar-refractivity contribution in [2.24, 2.45) is 0 Å². The van der Waals surface area contributed by atoms with Crippen molar-refractivity contribution in [3.8, 4) is 17.2 Å². The standard InChI is InChI=1S/C19H18F3NO4/c1-25-15-7-8-17(26-2)13(10-15)6-9-18(24)23-14-4-3-5-16(11-14)27-12-19(20,21)22/h3-11H,12H2,1-2H3,(H,23,24)/b9-6+. The highest BCUT2D eigenvalue weighted by atomic mass is 19.4. The molecule has 0 aliphatic rings. The van der Waals surface area contributed by atoms with Crippen LogP contribution >= 0.6 is 0 Å². The summed E-state index contributed by atoms with van der Waals surface area (Å²) in [6, 6.07) is 10.8.